The van der Waals surface area contributed by atoms with Gasteiger partial charge >= 0.3 is 6.09 Å². The number of rotatable bonds is 2. The quantitative estimate of drug-likeness (QED) is 0.587. The Hall–Kier alpha value is -2.57. The van der Waals surface area contributed by atoms with Crippen molar-refractivity contribution in [1.82, 2.24) is 9.80 Å². The first-order valence-electron chi connectivity index (χ1n) is 13.5. The normalized spacial score (nSPS) is 29.8. The molecule has 0 spiro atoms. The average molecular weight is 497 g/mol. The summed E-state index contributed by atoms with van der Waals surface area (Å²) in [6, 6.07) is 4.16. The van der Waals surface area contributed by atoms with Crippen LogP contribution in [-0.4, -0.2) is 66.5 Å². The number of carbonyl (C=O) groups is 3. The summed E-state index contributed by atoms with van der Waals surface area (Å²) in [7, 11) is 1.63. The Morgan fingerprint density at radius 3 is 2.36 bits per heavy atom. The van der Waals surface area contributed by atoms with Crippen molar-refractivity contribution >= 4 is 17.8 Å². The maximum Gasteiger partial charge on any atom is 0.410 e. The first kappa shape index (κ1) is 25.1. The summed E-state index contributed by atoms with van der Waals surface area (Å²) in [6.07, 6.45) is 5.42. The summed E-state index contributed by atoms with van der Waals surface area (Å²) in [4.78, 5) is 42.3. The van der Waals surface area contributed by atoms with E-state index in [9.17, 15) is 14.4 Å². The van der Waals surface area contributed by atoms with Crippen LogP contribution in [0.3, 0.4) is 0 Å². The molecule has 196 valence electrons. The lowest BCUT2D eigenvalue weighted by molar-refractivity contribution is -0.129. The first-order chi connectivity index (χ1) is 17.0. The molecule has 2 amide bonds. The van der Waals surface area contributed by atoms with E-state index < -0.39 is 5.60 Å². The van der Waals surface area contributed by atoms with Gasteiger partial charge in [0.1, 0.15) is 17.1 Å². The van der Waals surface area contributed by atoms with Crippen LogP contribution in [0.1, 0.15) is 87.2 Å². The minimum absolute atomic E-state index is 0.0442. The number of piperazine rings is 1. The first-order valence-corrected chi connectivity index (χ1v) is 13.5. The summed E-state index contributed by atoms with van der Waals surface area (Å²) < 4.78 is 11.2. The summed E-state index contributed by atoms with van der Waals surface area (Å²) in [6.45, 7) is 9.59. The van der Waals surface area contributed by atoms with Gasteiger partial charge in [-0.2, -0.15) is 0 Å². The highest BCUT2D eigenvalue weighted by molar-refractivity contribution is 5.97. The van der Waals surface area contributed by atoms with E-state index >= 15 is 0 Å². The number of fused-ring (bicyclic) bond motifs is 5. The average Bonchev–Trinajstić information content (AvgIpc) is 3.16. The van der Waals surface area contributed by atoms with Gasteiger partial charge < -0.3 is 19.3 Å². The molecule has 1 aromatic carbocycles. The predicted octanol–water partition coefficient (Wildman–Crippen LogP) is 4.81. The molecule has 7 nitrogen and oxygen atoms in total. The Morgan fingerprint density at radius 1 is 1.00 bits per heavy atom. The molecule has 7 heteroatoms. The smallest absolute Gasteiger partial charge is 0.410 e. The molecule has 1 heterocycles. The van der Waals surface area contributed by atoms with E-state index in [1.807, 2.05) is 25.7 Å². The second-order valence-electron chi connectivity index (χ2n) is 12.3. The molecule has 0 unspecified atom stereocenters. The van der Waals surface area contributed by atoms with Crippen LogP contribution in [0.2, 0.25) is 0 Å². The van der Waals surface area contributed by atoms with Crippen LogP contribution in [0, 0.1) is 17.3 Å². The third-order valence-corrected chi connectivity index (χ3v) is 9.20. The van der Waals surface area contributed by atoms with E-state index in [4.69, 9.17) is 9.47 Å². The fraction of sp³-hybridized carbons (Fsp3) is 0.690. The number of amides is 2. The molecule has 1 saturated heterocycles. The molecule has 0 aromatic heterocycles. The monoisotopic (exact) mass is 496 g/mol. The number of methoxy groups -OCH3 is 1. The standard InChI is InChI=1S/C29H40N2O5/c1-28(2,3)36-27(34)31-14-12-30(13-15-31)26(33)22-17-21-18(16-24(22)35-5)6-7-20-19(21)10-11-29(4)23(20)8-9-25(29)32/h16-17,19-20,23H,6-15H2,1-5H3/t19-,20+,23-,29-/m0/s1. The number of hydrogen-bond donors (Lipinski definition) is 0. The summed E-state index contributed by atoms with van der Waals surface area (Å²) >= 11 is 0. The van der Waals surface area contributed by atoms with Gasteiger partial charge in [0.2, 0.25) is 0 Å². The molecule has 0 N–H and O–H groups in total. The topological polar surface area (TPSA) is 76.2 Å². The number of aryl methyl sites for hydroxylation is 1. The highest BCUT2D eigenvalue weighted by Gasteiger charge is 2.54. The lowest BCUT2D eigenvalue weighted by Crippen LogP contribution is -2.51. The number of Topliss-reactive ketones (excluding diaryl/α,β-unsaturated/α-hetero) is 1. The lowest BCUT2D eigenvalue weighted by Gasteiger charge is -2.48. The largest absolute Gasteiger partial charge is 0.496 e. The minimum atomic E-state index is -0.541. The second kappa shape index (κ2) is 9.07. The number of benzene rings is 1. The van der Waals surface area contributed by atoms with Gasteiger partial charge in [-0.05, 0) is 93.9 Å². The fourth-order valence-electron chi connectivity index (χ4n) is 7.29. The molecule has 3 aliphatic carbocycles. The third kappa shape index (κ3) is 4.28. The van der Waals surface area contributed by atoms with Gasteiger partial charge in [-0.1, -0.05) is 6.92 Å². The van der Waals surface area contributed by atoms with Crippen LogP contribution in [-0.2, 0) is 16.0 Å². The molecular weight excluding hydrogens is 456 g/mol. The third-order valence-electron chi connectivity index (χ3n) is 9.20. The van der Waals surface area contributed by atoms with Gasteiger partial charge in [0.25, 0.3) is 5.91 Å². The van der Waals surface area contributed by atoms with Gasteiger partial charge in [-0.25, -0.2) is 4.79 Å². The molecule has 36 heavy (non-hydrogen) atoms. The number of carbonyl (C=O) groups excluding carboxylic acids is 3. The van der Waals surface area contributed by atoms with Crippen molar-refractivity contribution in [3.05, 3.63) is 28.8 Å². The number of hydrogen-bond acceptors (Lipinski definition) is 5. The van der Waals surface area contributed by atoms with E-state index in [-0.39, 0.29) is 17.4 Å². The highest BCUT2D eigenvalue weighted by atomic mass is 16.6. The van der Waals surface area contributed by atoms with Crippen molar-refractivity contribution in [2.45, 2.75) is 77.7 Å². The SMILES string of the molecule is COc1cc2c(cc1C(=O)N1CCN(C(=O)OC(C)(C)C)CC1)[C@H]1CC[C@]3(C)C(=O)CC[C@H]3[C@@H]1CC2. The number of ether oxygens (including phenoxy) is 2. The van der Waals surface area contributed by atoms with Crippen LogP contribution in [0.5, 0.6) is 5.75 Å². The lowest BCUT2D eigenvalue weighted by atomic mass is 9.55. The molecule has 1 aromatic rings. The fourth-order valence-corrected chi connectivity index (χ4v) is 7.29. The van der Waals surface area contributed by atoms with Crippen LogP contribution < -0.4 is 4.74 Å². The molecule has 5 rings (SSSR count). The van der Waals surface area contributed by atoms with E-state index in [0.29, 0.717) is 61.0 Å². The molecule has 3 fully saturated rings. The zero-order valence-electron chi connectivity index (χ0n) is 22.4. The van der Waals surface area contributed by atoms with Crippen molar-refractivity contribution < 1.29 is 23.9 Å². The van der Waals surface area contributed by atoms with E-state index in [1.165, 1.54) is 11.1 Å². The second-order valence-corrected chi connectivity index (χ2v) is 12.3. The summed E-state index contributed by atoms with van der Waals surface area (Å²) in [5, 5.41) is 0. The maximum atomic E-state index is 13.7. The van der Waals surface area contributed by atoms with Crippen molar-refractivity contribution in [1.29, 1.82) is 0 Å². The van der Waals surface area contributed by atoms with E-state index in [1.54, 1.807) is 12.0 Å². The highest BCUT2D eigenvalue weighted by Crippen LogP contribution is 2.59. The maximum absolute atomic E-state index is 13.7. The van der Waals surface area contributed by atoms with Crippen molar-refractivity contribution in [3.8, 4) is 5.75 Å². The predicted molar refractivity (Wildman–Crippen MR) is 136 cm³/mol. The Balaban J connectivity index is 1.35. The van der Waals surface area contributed by atoms with Gasteiger partial charge in [-0.15, -0.1) is 0 Å². The Bertz CT molecular complexity index is 1070. The van der Waals surface area contributed by atoms with Crippen LogP contribution >= 0.6 is 0 Å². The Morgan fingerprint density at radius 2 is 1.69 bits per heavy atom. The van der Waals surface area contributed by atoms with Crippen molar-refractivity contribution in [2.75, 3.05) is 33.3 Å². The molecule has 4 atom stereocenters. The molecule has 1 aliphatic heterocycles. The minimum Gasteiger partial charge on any atom is -0.496 e. The molecule has 2 saturated carbocycles. The molecular formula is C29H40N2O5. The summed E-state index contributed by atoms with van der Waals surface area (Å²) in [5.41, 5.74) is 2.48. The van der Waals surface area contributed by atoms with Gasteiger partial charge in [-0.3, -0.25) is 9.59 Å². The van der Waals surface area contributed by atoms with E-state index in [2.05, 4.69) is 19.1 Å². The Kier molecular flexibility index (Phi) is 6.32. The van der Waals surface area contributed by atoms with Crippen molar-refractivity contribution in [2.24, 2.45) is 17.3 Å². The van der Waals surface area contributed by atoms with Crippen LogP contribution in [0.4, 0.5) is 4.79 Å². The zero-order valence-corrected chi connectivity index (χ0v) is 22.4. The number of ketones is 1. The van der Waals surface area contributed by atoms with Gasteiger partial charge in [0, 0.05) is 38.0 Å². The summed E-state index contributed by atoms with van der Waals surface area (Å²) in [5.74, 6) is 2.41. The molecule has 0 radical (unpaired) electrons. The van der Waals surface area contributed by atoms with E-state index in [0.717, 1.165) is 38.5 Å². The Labute approximate surface area is 214 Å². The zero-order chi connectivity index (χ0) is 25.8. The van der Waals surface area contributed by atoms with Gasteiger partial charge in [0.15, 0.2) is 0 Å². The van der Waals surface area contributed by atoms with Crippen LogP contribution in [0.15, 0.2) is 12.1 Å². The molecule has 0 bridgehead atoms. The molecule has 4 aliphatic rings. The van der Waals surface area contributed by atoms with Crippen molar-refractivity contribution in [3.63, 3.8) is 0 Å². The van der Waals surface area contributed by atoms with Gasteiger partial charge in [0.05, 0.1) is 12.7 Å². The van der Waals surface area contributed by atoms with Crippen LogP contribution in [0.25, 0.3) is 0 Å². The number of nitrogens with zero attached hydrogens (tertiary/aromatic N) is 2.